The van der Waals surface area contributed by atoms with Gasteiger partial charge < -0.3 is 5.32 Å². The molecule has 3 aromatic carbocycles. The highest BCUT2D eigenvalue weighted by molar-refractivity contribution is 7.92. The Labute approximate surface area is 183 Å². The molecule has 0 fully saturated rings. The molecule has 32 heavy (non-hydrogen) atoms. The van der Waals surface area contributed by atoms with E-state index >= 15 is 0 Å². The second kappa shape index (κ2) is 8.15. The minimum Gasteiger partial charge on any atom is -0.337 e. The zero-order chi connectivity index (χ0) is 22.9. The predicted octanol–water partition coefficient (Wildman–Crippen LogP) is 2.96. The van der Waals surface area contributed by atoms with E-state index < -0.39 is 25.9 Å². The number of nitrogens with one attached hydrogen (secondary N) is 2. The van der Waals surface area contributed by atoms with Gasteiger partial charge in [0.25, 0.3) is 10.0 Å². The van der Waals surface area contributed by atoms with Crippen LogP contribution in [0.1, 0.15) is 0 Å². The molecule has 4 rings (SSSR count). The molecule has 0 saturated carbocycles. The Kier molecular flexibility index (Phi) is 5.50. The van der Waals surface area contributed by atoms with Crippen LogP contribution in [0.4, 0.5) is 21.7 Å². The third-order valence-corrected chi connectivity index (χ3v) is 6.66. The molecular weight excluding hydrogens is 457 g/mol. The molecule has 0 saturated heterocycles. The second-order valence-electron chi connectivity index (χ2n) is 6.66. The van der Waals surface area contributed by atoms with Gasteiger partial charge in [-0.15, -0.1) is 0 Å². The Balaban J connectivity index is 1.74. The van der Waals surface area contributed by atoms with Crippen molar-refractivity contribution in [2.75, 3.05) is 10.0 Å². The van der Waals surface area contributed by atoms with E-state index in [1.807, 2.05) is 0 Å². The average molecular weight is 474 g/mol. The van der Waals surface area contributed by atoms with Crippen LogP contribution in [0.15, 0.2) is 82.6 Å². The van der Waals surface area contributed by atoms with Gasteiger partial charge in [0.05, 0.1) is 20.8 Å². The molecule has 0 aliphatic heterocycles. The Bertz CT molecular complexity index is 1510. The molecule has 164 valence electrons. The van der Waals surface area contributed by atoms with Crippen LogP contribution >= 0.6 is 0 Å². The predicted molar refractivity (Wildman–Crippen MR) is 118 cm³/mol. The maximum Gasteiger partial charge on any atom is 0.263 e. The summed E-state index contributed by atoms with van der Waals surface area (Å²) in [7, 11) is -7.96. The summed E-state index contributed by atoms with van der Waals surface area (Å²) in [5.41, 5.74) is 1.37. The van der Waals surface area contributed by atoms with Gasteiger partial charge in [-0.25, -0.2) is 36.3 Å². The number of hydrogen-bond acceptors (Lipinski definition) is 7. The number of rotatable bonds is 6. The first-order chi connectivity index (χ1) is 15.1. The minimum absolute atomic E-state index is 0.0788. The number of hydrogen-bond donors (Lipinski definition) is 3. The fraction of sp³-hybridized carbons (Fsp3) is 0. The molecule has 0 atom stereocenters. The van der Waals surface area contributed by atoms with Crippen molar-refractivity contribution in [1.29, 1.82) is 0 Å². The summed E-state index contributed by atoms with van der Waals surface area (Å²) in [5.74, 6) is -0.582. The zero-order valence-electron chi connectivity index (χ0n) is 16.2. The lowest BCUT2D eigenvalue weighted by Crippen LogP contribution is -2.16. The third-order valence-electron chi connectivity index (χ3n) is 4.37. The largest absolute Gasteiger partial charge is 0.337 e. The number of benzene rings is 3. The third kappa shape index (κ3) is 4.66. The molecule has 0 amide bonds. The Morgan fingerprint density at radius 1 is 0.719 bits per heavy atom. The summed E-state index contributed by atoms with van der Waals surface area (Å²) in [4.78, 5) is 8.55. The van der Waals surface area contributed by atoms with Crippen molar-refractivity contribution in [3.05, 3.63) is 78.6 Å². The van der Waals surface area contributed by atoms with E-state index in [1.165, 1.54) is 24.3 Å². The van der Waals surface area contributed by atoms with E-state index in [2.05, 4.69) is 20.0 Å². The van der Waals surface area contributed by atoms with Crippen molar-refractivity contribution in [2.45, 2.75) is 9.79 Å². The quantitative estimate of drug-likeness (QED) is 0.390. The summed E-state index contributed by atoms with van der Waals surface area (Å²) in [6.07, 6.45) is 0. The number of halogens is 1. The number of anilines is 3. The maximum absolute atomic E-state index is 13.2. The second-order valence-corrected chi connectivity index (χ2v) is 9.91. The monoisotopic (exact) mass is 473 g/mol. The molecule has 1 heterocycles. The number of sulfonamides is 2. The number of nitrogens with two attached hydrogens (primary N) is 1. The number of primary sulfonamides is 1. The molecule has 0 spiro atoms. The Morgan fingerprint density at radius 3 is 1.81 bits per heavy atom. The summed E-state index contributed by atoms with van der Waals surface area (Å²) in [6.45, 7) is 0. The molecule has 4 aromatic rings. The summed E-state index contributed by atoms with van der Waals surface area (Å²) < 4.78 is 64.1. The highest BCUT2D eigenvalue weighted by atomic mass is 32.2. The van der Waals surface area contributed by atoms with Crippen LogP contribution < -0.4 is 15.2 Å². The highest BCUT2D eigenvalue weighted by Crippen LogP contribution is 2.27. The fourth-order valence-electron chi connectivity index (χ4n) is 2.82. The van der Waals surface area contributed by atoms with Crippen LogP contribution in [0.2, 0.25) is 0 Å². The van der Waals surface area contributed by atoms with Crippen LogP contribution in [-0.2, 0) is 20.0 Å². The Hall–Kier alpha value is -3.61. The van der Waals surface area contributed by atoms with Crippen molar-refractivity contribution < 1.29 is 21.2 Å². The standard InChI is InChI=1S/C20H16FN5O4S2/c21-13-5-9-16(10-6-13)32(29,30)26-20-19(24-17-3-1-2-4-18(17)25-20)23-14-7-11-15(12-8-14)31(22,27)28/h1-12H,(H,23,24)(H,25,26)(H2,22,27,28). The molecule has 9 nitrogen and oxygen atoms in total. The molecule has 0 unspecified atom stereocenters. The van der Waals surface area contributed by atoms with Crippen LogP contribution in [0.3, 0.4) is 0 Å². The molecule has 0 bridgehead atoms. The van der Waals surface area contributed by atoms with Crippen LogP contribution in [0, 0.1) is 5.82 Å². The maximum atomic E-state index is 13.2. The van der Waals surface area contributed by atoms with Gasteiger partial charge in [-0.2, -0.15) is 0 Å². The normalized spacial score (nSPS) is 11.9. The summed E-state index contributed by atoms with van der Waals surface area (Å²) in [6, 6.07) is 16.7. The molecule has 12 heteroatoms. The average Bonchev–Trinajstić information content (AvgIpc) is 2.74. The van der Waals surface area contributed by atoms with Crippen molar-refractivity contribution in [1.82, 2.24) is 9.97 Å². The van der Waals surface area contributed by atoms with E-state index in [1.54, 1.807) is 24.3 Å². The van der Waals surface area contributed by atoms with E-state index in [9.17, 15) is 21.2 Å². The molecule has 4 N–H and O–H groups in total. The van der Waals surface area contributed by atoms with Gasteiger partial charge in [-0.05, 0) is 60.7 Å². The fourth-order valence-corrected chi connectivity index (χ4v) is 4.35. The van der Waals surface area contributed by atoms with Crippen molar-refractivity contribution in [3.8, 4) is 0 Å². The first-order valence-electron chi connectivity index (χ1n) is 9.07. The summed E-state index contributed by atoms with van der Waals surface area (Å²) in [5, 5.41) is 8.04. The van der Waals surface area contributed by atoms with Crippen LogP contribution in [0.5, 0.6) is 0 Å². The van der Waals surface area contributed by atoms with E-state index in [4.69, 9.17) is 5.14 Å². The van der Waals surface area contributed by atoms with Crippen LogP contribution in [-0.4, -0.2) is 26.8 Å². The van der Waals surface area contributed by atoms with Gasteiger partial charge in [-0.1, -0.05) is 12.1 Å². The van der Waals surface area contributed by atoms with Crippen molar-refractivity contribution in [2.24, 2.45) is 5.14 Å². The zero-order valence-corrected chi connectivity index (χ0v) is 17.9. The lowest BCUT2D eigenvalue weighted by atomic mass is 10.3. The van der Waals surface area contributed by atoms with Gasteiger partial charge in [0.1, 0.15) is 5.82 Å². The lowest BCUT2D eigenvalue weighted by Gasteiger charge is -2.14. The number of para-hydroxylation sites is 2. The van der Waals surface area contributed by atoms with E-state index in [0.717, 1.165) is 24.3 Å². The molecule has 0 aliphatic rings. The van der Waals surface area contributed by atoms with E-state index in [-0.39, 0.29) is 21.4 Å². The smallest absolute Gasteiger partial charge is 0.263 e. The molecule has 1 aromatic heterocycles. The highest BCUT2D eigenvalue weighted by Gasteiger charge is 2.19. The van der Waals surface area contributed by atoms with Crippen molar-refractivity contribution >= 4 is 48.4 Å². The molecule has 0 aliphatic carbocycles. The number of fused-ring (bicyclic) bond motifs is 1. The van der Waals surface area contributed by atoms with E-state index in [0.29, 0.717) is 16.7 Å². The van der Waals surface area contributed by atoms with Gasteiger partial charge in [0.2, 0.25) is 10.0 Å². The molecular formula is C20H16FN5O4S2. The topological polar surface area (TPSA) is 144 Å². The SMILES string of the molecule is NS(=O)(=O)c1ccc(Nc2nc3ccccc3nc2NS(=O)(=O)c2ccc(F)cc2)cc1. The van der Waals surface area contributed by atoms with Gasteiger partial charge >= 0.3 is 0 Å². The molecule has 0 radical (unpaired) electrons. The lowest BCUT2D eigenvalue weighted by molar-refractivity contribution is 0.596. The Morgan fingerprint density at radius 2 is 1.25 bits per heavy atom. The van der Waals surface area contributed by atoms with Gasteiger partial charge in [-0.3, -0.25) is 4.72 Å². The van der Waals surface area contributed by atoms with Crippen molar-refractivity contribution in [3.63, 3.8) is 0 Å². The number of aromatic nitrogens is 2. The first kappa shape index (κ1) is 21.6. The van der Waals surface area contributed by atoms with Gasteiger partial charge in [0, 0.05) is 5.69 Å². The first-order valence-corrected chi connectivity index (χ1v) is 12.1. The van der Waals surface area contributed by atoms with Crippen LogP contribution in [0.25, 0.3) is 11.0 Å². The number of nitrogens with zero attached hydrogens (tertiary/aromatic N) is 2. The summed E-state index contributed by atoms with van der Waals surface area (Å²) >= 11 is 0. The minimum atomic E-state index is -4.09. The van der Waals surface area contributed by atoms with Gasteiger partial charge in [0.15, 0.2) is 11.6 Å².